The van der Waals surface area contributed by atoms with Crippen molar-refractivity contribution >= 4 is 11.6 Å². The van der Waals surface area contributed by atoms with E-state index in [2.05, 4.69) is 5.32 Å². The van der Waals surface area contributed by atoms with Crippen LogP contribution in [0.5, 0.6) is 0 Å². The number of nitro benzene ring substituents is 1. The minimum absolute atomic E-state index is 0.00790. The molecule has 6 nitrogen and oxygen atoms in total. The molecule has 0 spiro atoms. The second-order valence-corrected chi connectivity index (χ2v) is 3.96. The smallest absolute Gasteiger partial charge is 0.269 e. The van der Waals surface area contributed by atoms with Crippen LogP contribution in [0.25, 0.3) is 0 Å². The van der Waals surface area contributed by atoms with Crippen LogP contribution in [0.1, 0.15) is 10.4 Å². The van der Waals surface area contributed by atoms with Gasteiger partial charge in [0.25, 0.3) is 11.6 Å². The van der Waals surface area contributed by atoms with Gasteiger partial charge in [-0.2, -0.15) is 0 Å². The molecular formula is C11H14N3O3+. The van der Waals surface area contributed by atoms with E-state index in [1.807, 2.05) is 0 Å². The molecule has 1 aromatic rings. The maximum absolute atomic E-state index is 12.0. The predicted molar refractivity (Wildman–Crippen MR) is 60.7 cm³/mol. The van der Waals surface area contributed by atoms with Crippen molar-refractivity contribution in [3.8, 4) is 0 Å². The van der Waals surface area contributed by atoms with Gasteiger partial charge < -0.3 is 10.2 Å². The Labute approximate surface area is 98.4 Å². The summed E-state index contributed by atoms with van der Waals surface area (Å²) >= 11 is 0. The van der Waals surface area contributed by atoms with E-state index in [1.165, 1.54) is 24.3 Å². The number of nitrogens with two attached hydrogens (primary N) is 1. The van der Waals surface area contributed by atoms with Crippen molar-refractivity contribution in [1.29, 1.82) is 0 Å². The fourth-order valence-corrected chi connectivity index (χ4v) is 1.86. The highest BCUT2D eigenvalue weighted by atomic mass is 16.6. The van der Waals surface area contributed by atoms with Gasteiger partial charge in [0.2, 0.25) is 0 Å². The lowest BCUT2D eigenvalue weighted by Crippen LogP contribution is -2.89. The summed E-state index contributed by atoms with van der Waals surface area (Å²) in [6.07, 6.45) is 0. The van der Waals surface area contributed by atoms with Crippen LogP contribution in [0.4, 0.5) is 5.69 Å². The van der Waals surface area contributed by atoms with Gasteiger partial charge in [-0.15, -0.1) is 0 Å². The molecule has 1 saturated heterocycles. The molecule has 2 rings (SSSR count). The van der Waals surface area contributed by atoms with Crippen molar-refractivity contribution < 1.29 is 15.0 Å². The number of nitrogens with zero attached hydrogens (tertiary/aromatic N) is 2. The molecule has 6 heteroatoms. The molecule has 1 amide bonds. The molecular weight excluding hydrogens is 222 g/mol. The van der Waals surface area contributed by atoms with Gasteiger partial charge in [-0.3, -0.25) is 14.9 Å². The Morgan fingerprint density at radius 3 is 2.35 bits per heavy atom. The monoisotopic (exact) mass is 236 g/mol. The van der Waals surface area contributed by atoms with Crippen molar-refractivity contribution in [3.05, 3.63) is 39.9 Å². The van der Waals surface area contributed by atoms with Crippen LogP contribution in [0.3, 0.4) is 0 Å². The Morgan fingerprint density at radius 1 is 1.24 bits per heavy atom. The molecule has 17 heavy (non-hydrogen) atoms. The number of piperazine rings is 1. The first-order valence-electron chi connectivity index (χ1n) is 5.54. The molecule has 1 aliphatic rings. The minimum Gasteiger partial charge on any atom is -0.343 e. The van der Waals surface area contributed by atoms with Gasteiger partial charge in [0.05, 0.1) is 31.1 Å². The molecule has 1 aromatic carbocycles. The van der Waals surface area contributed by atoms with E-state index in [4.69, 9.17) is 0 Å². The Bertz CT molecular complexity index is 424. The second-order valence-electron chi connectivity index (χ2n) is 3.96. The highest BCUT2D eigenvalue weighted by Crippen LogP contribution is 2.13. The lowest BCUT2D eigenvalue weighted by atomic mass is 10.1. The van der Waals surface area contributed by atoms with Gasteiger partial charge in [-0.1, -0.05) is 0 Å². The van der Waals surface area contributed by atoms with Crippen LogP contribution in [-0.2, 0) is 0 Å². The SMILES string of the molecule is O=C(c1ccc([N+](=O)[O-])cc1)N1CC[NH2+]CC1. The van der Waals surface area contributed by atoms with Gasteiger partial charge in [0, 0.05) is 17.7 Å². The zero-order valence-electron chi connectivity index (χ0n) is 9.33. The van der Waals surface area contributed by atoms with Crippen molar-refractivity contribution in [1.82, 2.24) is 4.90 Å². The maximum atomic E-state index is 12.0. The van der Waals surface area contributed by atoms with Gasteiger partial charge in [0.1, 0.15) is 0 Å². The molecule has 0 bridgehead atoms. The largest absolute Gasteiger partial charge is 0.343 e. The lowest BCUT2D eigenvalue weighted by molar-refractivity contribution is -0.661. The van der Waals surface area contributed by atoms with E-state index in [-0.39, 0.29) is 11.6 Å². The third kappa shape index (κ3) is 2.59. The van der Waals surface area contributed by atoms with Crippen LogP contribution < -0.4 is 5.32 Å². The molecule has 0 radical (unpaired) electrons. The number of non-ortho nitro benzene ring substituents is 1. The first-order chi connectivity index (χ1) is 8.18. The van der Waals surface area contributed by atoms with E-state index in [9.17, 15) is 14.9 Å². The number of rotatable bonds is 2. The molecule has 1 heterocycles. The molecule has 1 fully saturated rings. The molecule has 0 aliphatic carbocycles. The number of hydrogen-bond donors (Lipinski definition) is 1. The number of benzene rings is 1. The summed E-state index contributed by atoms with van der Waals surface area (Å²) < 4.78 is 0. The minimum atomic E-state index is -0.468. The molecule has 0 unspecified atom stereocenters. The predicted octanol–water partition coefficient (Wildman–Crippen LogP) is -0.386. The summed E-state index contributed by atoms with van der Waals surface area (Å²) in [5, 5.41) is 12.7. The molecule has 0 atom stereocenters. The molecule has 2 N–H and O–H groups in total. The number of quaternary nitrogens is 1. The number of hydrogen-bond acceptors (Lipinski definition) is 3. The topological polar surface area (TPSA) is 80.1 Å². The first-order valence-corrected chi connectivity index (χ1v) is 5.54. The molecule has 0 aromatic heterocycles. The van der Waals surface area contributed by atoms with Crippen LogP contribution in [0.15, 0.2) is 24.3 Å². The third-order valence-corrected chi connectivity index (χ3v) is 2.82. The van der Waals surface area contributed by atoms with Crippen molar-refractivity contribution in [2.24, 2.45) is 0 Å². The molecule has 1 aliphatic heterocycles. The zero-order chi connectivity index (χ0) is 12.3. The number of carbonyl (C=O) groups excluding carboxylic acids is 1. The summed E-state index contributed by atoms with van der Waals surface area (Å²) in [5.74, 6) is -0.0482. The third-order valence-electron chi connectivity index (χ3n) is 2.82. The Hall–Kier alpha value is -1.95. The lowest BCUT2D eigenvalue weighted by Gasteiger charge is -2.25. The van der Waals surface area contributed by atoms with E-state index in [1.54, 1.807) is 4.90 Å². The van der Waals surface area contributed by atoms with Gasteiger partial charge in [-0.05, 0) is 12.1 Å². The number of nitro groups is 1. The molecule has 90 valence electrons. The first kappa shape index (κ1) is 11.5. The summed E-state index contributed by atoms with van der Waals surface area (Å²) in [6.45, 7) is 3.29. The fourth-order valence-electron chi connectivity index (χ4n) is 1.86. The van der Waals surface area contributed by atoms with Crippen LogP contribution in [-0.4, -0.2) is 41.9 Å². The summed E-state index contributed by atoms with van der Waals surface area (Å²) in [6, 6.07) is 5.75. The normalized spacial score (nSPS) is 15.6. The van der Waals surface area contributed by atoms with E-state index < -0.39 is 4.92 Å². The van der Waals surface area contributed by atoms with E-state index in [0.717, 1.165) is 26.2 Å². The van der Waals surface area contributed by atoms with Crippen LogP contribution >= 0.6 is 0 Å². The summed E-state index contributed by atoms with van der Waals surface area (Å²) in [7, 11) is 0. The van der Waals surface area contributed by atoms with Crippen LogP contribution in [0, 0.1) is 10.1 Å². The van der Waals surface area contributed by atoms with E-state index in [0.29, 0.717) is 5.56 Å². The average Bonchev–Trinajstić information content (AvgIpc) is 2.39. The van der Waals surface area contributed by atoms with Gasteiger partial charge in [-0.25, -0.2) is 0 Å². The number of amides is 1. The highest BCUT2D eigenvalue weighted by molar-refractivity contribution is 5.94. The summed E-state index contributed by atoms with van der Waals surface area (Å²) in [4.78, 5) is 23.8. The maximum Gasteiger partial charge on any atom is 0.269 e. The second kappa shape index (κ2) is 4.92. The average molecular weight is 236 g/mol. The summed E-state index contributed by atoms with van der Waals surface area (Å²) in [5.41, 5.74) is 0.519. The standard InChI is InChI=1S/C11H13N3O3/c15-11(13-7-5-12-6-8-13)9-1-3-10(4-2-9)14(16)17/h1-4,12H,5-8H2/p+1. The Kier molecular flexibility index (Phi) is 3.34. The number of carbonyl (C=O) groups is 1. The van der Waals surface area contributed by atoms with Crippen LogP contribution in [0.2, 0.25) is 0 Å². The molecule has 0 saturated carbocycles. The van der Waals surface area contributed by atoms with E-state index >= 15 is 0 Å². The van der Waals surface area contributed by atoms with Gasteiger partial charge in [0.15, 0.2) is 0 Å². The highest BCUT2D eigenvalue weighted by Gasteiger charge is 2.20. The zero-order valence-corrected chi connectivity index (χ0v) is 9.33. The Morgan fingerprint density at radius 2 is 1.82 bits per heavy atom. The van der Waals surface area contributed by atoms with Crippen molar-refractivity contribution in [3.63, 3.8) is 0 Å². The van der Waals surface area contributed by atoms with Crippen molar-refractivity contribution in [2.45, 2.75) is 0 Å². The quantitative estimate of drug-likeness (QED) is 0.561. The fraction of sp³-hybridized carbons (Fsp3) is 0.364. The van der Waals surface area contributed by atoms with Crippen molar-refractivity contribution in [2.75, 3.05) is 26.2 Å². The van der Waals surface area contributed by atoms with Gasteiger partial charge >= 0.3 is 0 Å². The Balaban J connectivity index is 2.10.